The van der Waals surface area contributed by atoms with Crippen LogP contribution in [0.5, 0.6) is 5.75 Å². The lowest BCUT2D eigenvalue weighted by Gasteiger charge is -2.24. The average molecular weight is 303 g/mol. The summed E-state index contributed by atoms with van der Waals surface area (Å²) < 4.78 is 0. The van der Waals surface area contributed by atoms with E-state index in [1.807, 2.05) is 0 Å². The molecule has 2 aromatic rings. The molecule has 0 fully saturated rings. The van der Waals surface area contributed by atoms with Crippen molar-refractivity contribution >= 4 is 23.5 Å². The van der Waals surface area contributed by atoms with Crippen molar-refractivity contribution in [3.8, 4) is 5.75 Å². The van der Waals surface area contributed by atoms with Crippen LogP contribution in [0.25, 0.3) is 0 Å². The fourth-order valence-electron chi connectivity index (χ4n) is 2.47. The molecular weight excluding hydrogens is 290 g/mol. The van der Waals surface area contributed by atoms with Crippen molar-refractivity contribution < 1.29 is 9.90 Å². The van der Waals surface area contributed by atoms with Crippen LogP contribution in [0.4, 0.5) is 5.82 Å². The standard InChI is InChI=1S/C14H13N3O3S/c1-21-14-16-12-11(13(20)17-14)9(6-10(19)15-12)7-3-2-4-8(18)5-7/h2-5,9,18H,6H2,1H3,(H2,15,16,17,19,20)/t9-/m1/s1. The maximum absolute atomic E-state index is 12.3. The number of hydrogen-bond acceptors (Lipinski definition) is 5. The van der Waals surface area contributed by atoms with Gasteiger partial charge in [-0.3, -0.25) is 9.59 Å². The molecule has 1 aromatic carbocycles. The van der Waals surface area contributed by atoms with Crippen molar-refractivity contribution in [2.24, 2.45) is 0 Å². The highest BCUT2D eigenvalue weighted by Crippen LogP contribution is 2.35. The highest BCUT2D eigenvalue weighted by Gasteiger charge is 2.30. The largest absolute Gasteiger partial charge is 0.508 e. The third-order valence-electron chi connectivity index (χ3n) is 3.40. The highest BCUT2D eigenvalue weighted by atomic mass is 32.2. The molecule has 1 atom stereocenters. The van der Waals surface area contributed by atoms with Crippen LogP contribution >= 0.6 is 11.8 Å². The Labute approximate surface area is 124 Å². The minimum atomic E-state index is -0.409. The van der Waals surface area contributed by atoms with Crippen LogP contribution < -0.4 is 10.9 Å². The van der Waals surface area contributed by atoms with Crippen LogP contribution in [0.1, 0.15) is 23.5 Å². The van der Waals surface area contributed by atoms with Gasteiger partial charge in [-0.05, 0) is 24.0 Å². The smallest absolute Gasteiger partial charge is 0.257 e. The molecule has 6 nitrogen and oxygen atoms in total. The van der Waals surface area contributed by atoms with E-state index >= 15 is 0 Å². The Hall–Kier alpha value is -2.28. The molecule has 3 N–H and O–H groups in total. The van der Waals surface area contributed by atoms with Gasteiger partial charge in [0.2, 0.25) is 5.91 Å². The number of anilines is 1. The topological polar surface area (TPSA) is 95.1 Å². The van der Waals surface area contributed by atoms with Gasteiger partial charge < -0.3 is 15.4 Å². The number of aromatic amines is 1. The lowest BCUT2D eigenvalue weighted by atomic mass is 9.87. The Kier molecular flexibility index (Phi) is 3.42. The molecular formula is C14H13N3O3S. The predicted octanol–water partition coefficient (Wildman–Crippen LogP) is 1.67. The second-order valence-corrected chi connectivity index (χ2v) is 5.53. The predicted molar refractivity (Wildman–Crippen MR) is 79.8 cm³/mol. The number of nitrogens with one attached hydrogen (secondary N) is 2. The summed E-state index contributed by atoms with van der Waals surface area (Å²) >= 11 is 1.30. The van der Waals surface area contributed by atoms with Gasteiger partial charge >= 0.3 is 0 Å². The number of benzene rings is 1. The van der Waals surface area contributed by atoms with Crippen LogP contribution in [-0.2, 0) is 4.79 Å². The number of carbonyl (C=O) groups is 1. The molecule has 1 amide bonds. The van der Waals surface area contributed by atoms with Crippen LogP contribution in [-0.4, -0.2) is 27.2 Å². The van der Waals surface area contributed by atoms with Gasteiger partial charge in [0, 0.05) is 12.3 Å². The average Bonchev–Trinajstić information content (AvgIpc) is 2.45. The Bertz CT molecular complexity index is 772. The number of aromatic hydroxyl groups is 1. The number of phenols is 1. The van der Waals surface area contributed by atoms with E-state index in [2.05, 4.69) is 15.3 Å². The number of phenolic OH excluding ortho intramolecular Hbond substituents is 1. The SMILES string of the molecule is CSc1nc2c(c(=O)[nH]1)[C@@H](c1cccc(O)c1)CC(=O)N2. The zero-order valence-corrected chi connectivity index (χ0v) is 12.0. The summed E-state index contributed by atoms with van der Waals surface area (Å²) in [5.41, 5.74) is 0.881. The van der Waals surface area contributed by atoms with E-state index in [0.29, 0.717) is 16.5 Å². The van der Waals surface area contributed by atoms with Gasteiger partial charge in [0.05, 0.1) is 5.56 Å². The molecule has 2 heterocycles. The van der Waals surface area contributed by atoms with Crippen molar-refractivity contribution in [1.82, 2.24) is 9.97 Å². The van der Waals surface area contributed by atoms with Gasteiger partial charge in [0.15, 0.2) is 5.16 Å². The van der Waals surface area contributed by atoms with Gasteiger partial charge in [-0.1, -0.05) is 23.9 Å². The van der Waals surface area contributed by atoms with Crippen molar-refractivity contribution in [2.75, 3.05) is 11.6 Å². The molecule has 1 aromatic heterocycles. The fourth-order valence-corrected chi connectivity index (χ4v) is 2.85. The lowest BCUT2D eigenvalue weighted by molar-refractivity contribution is -0.116. The Balaban J connectivity index is 2.18. The number of H-pyrrole nitrogens is 1. The molecule has 3 rings (SSSR count). The first-order valence-electron chi connectivity index (χ1n) is 6.35. The second-order valence-electron chi connectivity index (χ2n) is 4.74. The molecule has 1 aliphatic rings. The van der Waals surface area contributed by atoms with Crippen molar-refractivity contribution in [3.05, 3.63) is 45.7 Å². The van der Waals surface area contributed by atoms with Crippen molar-refractivity contribution in [2.45, 2.75) is 17.5 Å². The van der Waals surface area contributed by atoms with E-state index in [4.69, 9.17) is 0 Å². The summed E-state index contributed by atoms with van der Waals surface area (Å²) in [7, 11) is 0. The number of thioether (sulfide) groups is 1. The molecule has 0 radical (unpaired) electrons. The number of amides is 1. The second kappa shape index (κ2) is 5.25. The van der Waals surface area contributed by atoms with E-state index in [1.165, 1.54) is 11.8 Å². The van der Waals surface area contributed by atoms with Crippen LogP contribution in [0.15, 0.2) is 34.2 Å². The Morgan fingerprint density at radius 3 is 2.90 bits per heavy atom. The molecule has 108 valence electrons. The zero-order valence-electron chi connectivity index (χ0n) is 11.2. The molecule has 21 heavy (non-hydrogen) atoms. The molecule has 0 bridgehead atoms. The number of aromatic nitrogens is 2. The highest BCUT2D eigenvalue weighted by molar-refractivity contribution is 7.98. The monoisotopic (exact) mass is 303 g/mol. The third kappa shape index (κ3) is 2.52. The van der Waals surface area contributed by atoms with Gasteiger partial charge in [0.25, 0.3) is 5.56 Å². The Morgan fingerprint density at radius 2 is 2.19 bits per heavy atom. The number of carbonyl (C=O) groups excluding carboxylic acids is 1. The molecule has 7 heteroatoms. The zero-order chi connectivity index (χ0) is 15.0. The van der Waals surface area contributed by atoms with Gasteiger partial charge in [-0.15, -0.1) is 0 Å². The van der Waals surface area contributed by atoms with E-state index in [-0.39, 0.29) is 23.6 Å². The van der Waals surface area contributed by atoms with Gasteiger partial charge in [0.1, 0.15) is 11.6 Å². The van der Waals surface area contributed by atoms with E-state index in [1.54, 1.807) is 30.5 Å². The van der Waals surface area contributed by atoms with Crippen LogP contribution in [0.2, 0.25) is 0 Å². The number of fused-ring (bicyclic) bond motifs is 1. The summed E-state index contributed by atoms with van der Waals surface area (Å²) in [4.78, 5) is 31.1. The molecule has 0 saturated carbocycles. The quantitative estimate of drug-likeness (QED) is 0.579. The van der Waals surface area contributed by atoms with Crippen molar-refractivity contribution in [1.29, 1.82) is 0 Å². The van der Waals surface area contributed by atoms with Crippen LogP contribution in [0, 0.1) is 0 Å². The van der Waals surface area contributed by atoms with Gasteiger partial charge in [-0.25, -0.2) is 4.98 Å². The summed E-state index contributed by atoms with van der Waals surface area (Å²) in [5, 5.41) is 12.7. The summed E-state index contributed by atoms with van der Waals surface area (Å²) in [6, 6.07) is 6.59. The molecule has 1 aliphatic heterocycles. The number of hydrogen-bond donors (Lipinski definition) is 3. The fraction of sp³-hybridized carbons (Fsp3) is 0.214. The third-order valence-corrected chi connectivity index (χ3v) is 3.98. The summed E-state index contributed by atoms with van der Waals surface area (Å²) in [6.45, 7) is 0. The normalized spacial score (nSPS) is 17.2. The van der Waals surface area contributed by atoms with Crippen molar-refractivity contribution in [3.63, 3.8) is 0 Å². The Morgan fingerprint density at radius 1 is 1.38 bits per heavy atom. The summed E-state index contributed by atoms with van der Waals surface area (Å²) in [5.74, 6) is -0.202. The van der Waals surface area contributed by atoms with E-state index in [0.717, 1.165) is 5.56 Å². The minimum Gasteiger partial charge on any atom is -0.508 e. The number of rotatable bonds is 2. The molecule has 0 spiro atoms. The first kappa shape index (κ1) is 13.7. The van der Waals surface area contributed by atoms with Crippen LogP contribution in [0.3, 0.4) is 0 Å². The maximum atomic E-state index is 12.3. The van der Waals surface area contributed by atoms with E-state index in [9.17, 15) is 14.7 Å². The maximum Gasteiger partial charge on any atom is 0.257 e. The lowest BCUT2D eigenvalue weighted by Crippen LogP contribution is -2.31. The first-order valence-corrected chi connectivity index (χ1v) is 7.58. The summed E-state index contributed by atoms with van der Waals surface area (Å²) in [6.07, 6.45) is 1.95. The molecule has 0 aliphatic carbocycles. The first-order chi connectivity index (χ1) is 10.1. The number of nitrogens with zero attached hydrogens (tertiary/aromatic N) is 1. The molecule has 0 saturated heterocycles. The molecule has 0 unspecified atom stereocenters. The van der Waals surface area contributed by atoms with Gasteiger partial charge in [-0.2, -0.15) is 0 Å². The van der Waals surface area contributed by atoms with E-state index < -0.39 is 5.92 Å². The minimum absolute atomic E-state index is 0.102.